The van der Waals surface area contributed by atoms with Crippen molar-refractivity contribution in [3.05, 3.63) is 187 Å². The zero-order valence-corrected chi connectivity index (χ0v) is 41.6. The summed E-state index contributed by atoms with van der Waals surface area (Å²) in [5, 5.41) is 10.1. The predicted octanol–water partition coefficient (Wildman–Crippen LogP) is 17.4. The molecule has 334 valence electrons. The highest BCUT2D eigenvalue weighted by Gasteiger charge is 2.45. The van der Waals surface area contributed by atoms with Gasteiger partial charge in [-0.3, -0.25) is 0 Å². The van der Waals surface area contributed by atoms with E-state index in [0.717, 1.165) is 33.4 Å². The summed E-state index contributed by atoms with van der Waals surface area (Å²) in [6.45, 7) is 13.7. The van der Waals surface area contributed by atoms with Gasteiger partial charge in [-0.2, -0.15) is 0 Å². The van der Waals surface area contributed by atoms with Crippen molar-refractivity contribution in [3.8, 4) is 39.5 Å². The first-order chi connectivity index (χ1) is 34.0. The van der Waals surface area contributed by atoms with E-state index in [1.807, 2.05) is 22.7 Å². The molecule has 13 aromatic rings. The molecule has 0 atom stereocenters. The van der Waals surface area contributed by atoms with Crippen molar-refractivity contribution >= 4 is 125 Å². The van der Waals surface area contributed by atoms with Crippen LogP contribution in [0.1, 0.15) is 52.7 Å². The summed E-state index contributed by atoms with van der Waals surface area (Å²) in [7, 11) is 0. The van der Waals surface area contributed by atoms with E-state index in [-0.39, 0.29) is 17.7 Å². The maximum Gasteiger partial charge on any atom is 0.333 e. The van der Waals surface area contributed by atoms with E-state index >= 15 is 0 Å². The average molecular weight is 935 g/mol. The molecule has 0 unspecified atom stereocenters. The molecule has 2 aliphatic heterocycles. The van der Waals surface area contributed by atoms with Gasteiger partial charge in [0.1, 0.15) is 11.5 Å². The van der Waals surface area contributed by atoms with Gasteiger partial charge in [0.25, 0.3) is 0 Å². The van der Waals surface area contributed by atoms with Gasteiger partial charge in [-0.05, 0) is 93.0 Å². The summed E-state index contributed by atoms with van der Waals surface area (Å²) in [6, 6.07) is 66.7. The molecule has 9 aromatic carbocycles. The van der Waals surface area contributed by atoms with Crippen LogP contribution < -0.4 is 15.7 Å². The van der Waals surface area contributed by atoms with Crippen molar-refractivity contribution in [3.63, 3.8) is 0 Å². The molecule has 0 spiro atoms. The molecule has 6 heteroatoms. The van der Waals surface area contributed by atoms with Crippen LogP contribution in [-0.4, -0.2) is 11.4 Å². The standard InChI is InChI=1S/C64H47BN2OS2/c1-63(2,3)38-21-24-40(25-22-38)67-53-35-58-48(42-26-23-39(64(4,5)6)29-56(42)70-58)30-45(53)43-27-28-44-46-31-47-41-19-13-14-20-55(41)69-57(47)34-52(46)66-54-33-50-49(32-51(54)65(67)59(43)60(44)66)61(36-15-9-7-10-16-36)68-62(50)37-17-11-8-12-18-37/h7-35H,1-6H3. The molecule has 0 radical (unpaired) electrons. The smallest absolute Gasteiger partial charge is 0.333 e. The van der Waals surface area contributed by atoms with E-state index in [0.29, 0.717) is 0 Å². The lowest BCUT2D eigenvalue weighted by Gasteiger charge is -2.42. The van der Waals surface area contributed by atoms with Crippen LogP contribution in [0.2, 0.25) is 0 Å². The summed E-state index contributed by atoms with van der Waals surface area (Å²) in [5.74, 6) is 1.78. The largest absolute Gasteiger partial charge is 0.455 e. The molecule has 15 rings (SSSR count). The molecule has 6 heterocycles. The van der Waals surface area contributed by atoms with Crippen LogP contribution in [0.3, 0.4) is 0 Å². The second-order valence-corrected chi connectivity index (χ2v) is 23.8. The number of thiophene rings is 2. The van der Waals surface area contributed by atoms with Gasteiger partial charge < -0.3 is 13.8 Å². The molecular formula is C64H47BN2OS2. The topological polar surface area (TPSA) is 21.3 Å². The lowest BCUT2D eigenvalue weighted by molar-refractivity contribution is 0.590. The Balaban J connectivity index is 1.11. The number of nitrogens with zero attached hydrogens (tertiary/aromatic N) is 2. The van der Waals surface area contributed by atoms with E-state index < -0.39 is 0 Å². The number of rotatable bonds is 3. The quantitative estimate of drug-likeness (QED) is 0.165. The Kier molecular flexibility index (Phi) is 8.17. The second-order valence-electron chi connectivity index (χ2n) is 21.7. The van der Waals surface area contributed by atoms with E-state index in [2.05, 4.69) is 227 Å². The number of aromatic nitrogens is 1. The fourth-order valence-corrected chi connectivity index (χ4v) is 14.3. The fraction of sp³-hybridized carbons (Fsp3) is 0.125. The van der Waals surface area contributed by atoms with Gasteiger partial charge in [0.2, 0.25) is 0 Å². The lowest BCUT2D eigenvalue weighted by Crippen LogP contribution is -2.60. The number of benzene rings is 9. The van der Waals surface area contributed by atoms with Crippen LogP contribution in [-0.2, 0) is 10.8 Å². The van der Waals surface area contributed by atoms with Crippen LogP contribution >= 0.6 is 22.7 Å². The third-order valence-electron chi connectivity index (χ3n) is 15.5. The fourth-order valence-electron chi connectivity index (χ4n) is 12.0. The average Bonchev–Trinajstić information content (AvgIpc) is 4.12. The van der Waals surface area contributed by atoms with Crippen molar-refractivity contribution in [2.45, 2.75) is 52.4 Å². The highest BCUT2D eigenvalue weighted by atomic mass is 32.1. The molecule has 0 saturated carbocycles. The number of furan rings is 1. The molecule has 0 bridgehead atoms. The minimum absolute atomic E-state index is 0.0148. The number of anilines is 2. The zero-order valence-electron chi connectivity index (χ0n) is 39.9. The van der Waals surface area contributed by atoms with Crippen LogP contribution in [0.5, 0.6) is 0 Å². The summed E-state index contributed by atoms with van der Waals surface area (Å²) < 4.78 is 15.1. The van der Waals surface area contributed by atoms with Crippen LogP contribution in [0.4, 0.5) is 11.4 Å². The van der Waals surface area contributed by atoms with Gasteiger partial charge >= 0.3 is 6.85 Å². The SMILES string of the molecule is CC(C)(C)c1ccc(N2B3c4cc5c(-c6ccccc6)oc(-c6ccccc6)c5cc4-n4c5cc6sc7ccccc7c6cc5c5ccc(c3c54)-c3cc4c(cc32)sc2cc(C(C)(C)C)ccc24)cc1. The molecule has 0 fully saturated rings. The highest BCUT2D eigenvalue weighted by Crippen LogP contribution is 2.51. The molecule has 2 aliphatic rings. The monoisotopic (exact) mass is 934 g/mol. The number of hydrogen-bond donors (Lipinski definition) is 0. The van der Waals surface area contributed by atoms with Crippen LogP contribution in [0.15, 0.2) is 180 Å². The first kappa shape index (κ1) is 40.5. The molecule has 0 aliphatic carbocycles. The van der Waals surface area contributed by atoms with Gasteiger partial charge in [-0.25, -0.2) is 0 Å². The van der Waals surface area contributed by atoms with Gasteiger partial charge in [0.05, 0.1) is 11.0 Å². The molecule has 0 saturated heterocycles. The lowest BCUT2D eigenvalue weighted by atomic mass is 9.44. The van der Waals surface area contributed by atoms with Crippen molar-refractivity contribution in [1.82, 2.24) is 4.57 Å². The van der Waals surface area contributed by atoms with Crippen molar-refractivity contribution in [2.24, 2.45) is 0 Å². The Morgan fingerprint density at radius 2 is 1.03 bits per heavy atom. The Morgan fingerprint density at radius 1 is 0.429 bits per heavy atom. The third kappa shape index (κ3) is 5.63. The number of fused-ring (bicyclic) bond motifs is 15. The van der Waals surface area contributed by atoms with Gasteiger partial charge in [-0.15, -0.1) is 22.7 Å². The summed E-state index contributed by atoms with van der Waals surface area (Å²) in [4.78, 5) is 2.69. The second kappa shape index (κ2) is 14.1. The Bertz CT molecular complexity index is 4370. The molecule has 0 N–H and O–H groups in total. The van der Waals surface area contributed by atoms with Gasteiger partial charge in [-0.1, -0.05) is 163 Å². The maximum atomic E-state index is 7.17. The van der Waals surface area contributed by atoms with Crippen molar-refractivity contribution in [2.75, 3.05) is 4.81 Å². The maximum absolute atomic E-state index is 7.17. The Hall–Kier alpha value is -7.38. The minimum Gasteiger partial charge on any atom is -0.455 e. The highest BCUT2D eigenvalue weighted by molar-refractivity contribution is 7.26. The van der Waals surface area contributed by atoms with Gasteiger partial charge in [0, 0.05) is 95.6 Å². The predicted molar refractivity (Wildman–Crippen MR) is 304 cm³/mol. The van der Waals surface area contributed by atoms with Crippen LogP contribution in [0.25, 0.3) is 112 Å². The normalized spacial score (nSPS) is 13.5. The summed E-state index contributed by atoms with van der Waals surface area (Å²) >= 11 is 3.82. The zero-order chi connectivity index (χ0) is 46.9. The third-order valence-corrected chi connectivity index (χ3v) is 17.7. The molecule has 3 nitrogen and oxygen atoms in total. The number of hydrogen-bond acceptors (Lipinski definition) is 4. The molecule has 0 amide bonds. The molecule has 4 aromatic heterocycles. The van der Waals surface area contributed by atoms with E-state index in [4.69, 9.17) is 4.42 Å². The first-order valence-electron chi connectivity index (χ1n) is 24.5. The van der Waals surface area contributed by atoms with E-state index in [1.165, 1.54) is 112 Å². The summed E-state index contributed by atoms with van der Waals surface area (Å²) in [5.41, 5.74) is 16.2. The van der Waals surface area contributed by atoms with E-state index in [1.54, 1.807) is 0 Å². The van der Waals surface area contributed by atoms with Crippen molar-refractivity contribution < 1.29 is 4.42 Å². The van der Waals surface area contributed by atoms with Gasteiger partial charge in [0.15, 0.2) is 0 Å². The molecular weight excluding hydrogens is 888 g/mol. The van der Waals surface area contributed by atoms with E-state index in [9.17, 15) is 0 Å². The molecule has 70 heavy (non-hydrogen) atoms. The van der Waals surface area contributed by atoms with Crippen molar-refractivity contribution in [1.29, 1.82) is 0 Å². The Morgan fingerprint density at radius 3 is 1.76 bits per heavy atom. The summed E-state index contributed by atoms with van der Waals surface area (Å²) in [6.07, 6.45) is 0. The van der Waals surface area contributed by atoms with Crippen LogP contribution in [0, 0.1) is 0 Å². The first-order valence-corrected chi connectivity index (χ1v) is 26.1. The Labute approximate surface area is 414 Å². The minimum atomic E-state index is -0.150.